The molecule has 1 aromatic rings. The number of nitrogens with two attached hydrogens (primary N) is 1. The minimum atomic E-state index is -0.0313. The van der Waals surface area contributed by atoms with E-state index >= 15 is 0 Å². The quantitative estimate of drug-likeness (QED) is 0.704. The van der Waals surface area contributed by atoms with Crippen molar-refractivity contribution in [1.29, 1.82) is 0 Å². The van der Waals surface area contributed by atoms with Crippen LogP contribution in [0.25, 0.3) is 0 Å². The third kappa shape index (κ3) is 1.80. The summed E-state index contributed by atoms with van der Waals surface area (Å²) in [5.41, 5.74) is 6.70. The number of hydrogen-bond donors (Lipinski definition) is 1. The maximum atomic E-state index is 5.82. The minimum absolute atomic E-state index is 0.0313. The molecule has 0 aromatic carbocycles. The zero-order chi connectivity index (χ0) is 8.43. The second-order valence-electron chi connectivity index (χ2n) is 3.14. The van der Waals surface area contributed by atoms with Crippen molar-refractivity contribution < 1.29 is 4.52 Å². The van der Waals surface area contributed by atoms with Crippen molar-refractivity contribution in [3.8, 4) is 0 Å². The van der Waals surface area contributed by atoms with Crippen molar-refractivity contribution in [2.75, 3.05) is 0 Å². The SMILES string of the molecule is Cc1cc([C@@H](N)C(C)C)on1. The van der Waals surface area contributed by atoms with Crippen LogP contribution in [0, 0.1) is 12.8 Å². The van der Waals surface area contributed by atoms with Crippen molar-refractivity contribution in [1.82, 2.24) is 5.16 Å². The van der Waals surface area contributed by atoms with Gasteiger partial charge in [0.05, 0.1) is 11.7 Å². The highest BCUT2D eigenvalue weighted by Crippen LogP contribution is 2.18. The smallest absolute Gasteiger partial charge is 0.153 e. The standard InChI is InChI=1S/C8H14N2O/c1-5(2)8(9)7-4-6(3)10-11-7/h4-5,8H,9H2,1-3H3/t8-/m0/s1. The van der Waals surface area contributed by atoms with Crippen molar-refractivity contribution >= 4 is 0 Å². The maximum Gasteiger partial charge on any atom is 0.153 e. The van der Waals surface area contributed by atoms with Crippen LogP contribution < -0.4 is 5.73 Å². The van der Waals surface area contributed by atoms with Gasteiger partial charge in [-0.05, 0) is 12.8 Å². The summed E-state index contributed by atoms with van der Waals surface area (Å²) < 4.78 is 5.01. The third-order valence-corrected chi connectivity index (χ3v) is 1.69. The molecule has 0 aliphatic carbocycles. The Balaban J connectivity index is 2.76. The van der Waals surface area contributed by atoms with E-state index in [9.17, 15) is 0 Å². The Morgan fingerprint density at radius 1 is 1.55 bits per heavy atom. The monoisotopic (exact) mass is 154 g/mol. The molecule has 0 spiro atoms. The predicted molar refractivity (Wildman–Crippen MR) is 43.0 cm³/mol. The Bertz CT molecular complexity index is 230. The first kappa shape index (κ1) is 8.27. The first-order valence-corrected chi connectivity index (χ1v) is 3.80. The molecule has 0 aliphatic rings. The van der Waals surface area contributed by atoms with Gasteiger partial charge < -0.3 is 10.3 Å². The fourth-order valence-electron chi connectivity index (χ4n) is 0.869. The van der Waals surface area contributed by atoms with Crippen LogP contribution >= 0.6 is 0 Å². The molecule has 0 aliphatic heterocycles. The minimum Gasteiger partial charge on any atom is -0.359 e. The van der Waals surface area contributed by atoms with Crippen LogP contribution in [0.3, 0.4) is 0 Å². The van der Waals surface area contributed by atoms with Crippen molar-refractivity contribution in [2.24, 2.45) is 11.7 Å². The molecule has 1 heterocycles. The highest BCUT2D eigenvalue weighted by Gasteiger charge is 2.14. The summed E-state index contributed by atoms with van der Waals surface area (Å²) in [6.07, 6.45) is 0. The molecule has 0 fully saturated rings. The average Bonchev–Trinajstić information content (AvgIpc) is 2.34. The third-order valence-electron chi connectivity index (χ3n) is 1.69. The van der Waals surface area contributed by atoms with Crippen molar-refractivity contribution in [2.45, 2.75) is 26.8 Å². The largest absolute Gasteiger partial charge is 0.359 e. The van der Waals surface area contributed by atoms with Gasteiger partial charge in [0.25, 0.3) is 0 Å². The van der Waals surface area contributed by atoms with Crippen molar-refractivity contribution in [3.05, 3.63) is 17.5 Å². The van der Waals surface area contributed by atoms with E-state index in [1.165, 1.54) is 0 Å². The zero-order valence-electron chi connectivity index (χ0n) is 7.16. The van der Waals surface area contributed by atoms with Crippen molar-refractivity contribution in [3.63, 3.8) is 0 Å². The number of nitrogens with zero attached hydrogens (tertiary/aromatic N) is 1. The first-order chi connectivity index (χ1) is 5.11. The topological polar surface area (TPSA) is 52.0 Å². The van der Waals surface area contributed by atoms with Gasteiger partial charge >= 0.3 is 0 Å². The lowest BCUT2D eigenvalue weighted by atomic mass is 10.0. The lowest BCUT2D eigenvalue weighted by Crippen LogP contribution is -2.15. The Morgan fingerprint density at radius 3 is 2.55 bits per heavy atom. The zero-order valence-corrected chi connectivity index (χ0v) is 7.16. The van der Waals surface area contributed by atoms with Gasteiger partial charge in [-0.25, -0.2) is 0 Å². The molecule has 11 heavy (non-hydrogen) atoms. The summed E-state index contributed by atoms with van der Waals surface area (Å²) in [6.45, 7) is 6.01. The molecule has 1 rings (SSSR count). The lowest BCUT2D eigenvalue weighted by Gasteiger charge is -2.10. The van der Waals surface area contributed by atoms with Crippen LogP contribution in [-0.2, 0) is 0 Å². The highest BCUT2D eigenvalue weighted by molar-refractivity contribution is 5.07. The van der Waals surface area contributed by atoms with Crippen LogP contribution in [0.15, 0.2) is 10.6 Å². The Labute approximate surface area is 66.6 Å². The number of aryl methyl sites for hydroxylation is 1. The molecule has 3 nitrogen and oxygen atoms in total. The fraction of sp³-hybridized carbons (Fsp3) is 0.625. The van der Waals surface area contributed by atoms with Crippen LogP contribution in [0.5, 0.6) is 0 Å². The molecule has 0 amide bonds. The summed E-state index contributed by atoms with van der Waals surface area (Å²) >= 11 is 0. The van der Waals surface area contributed by atoms with Crippen LogP contribution in [0.1, 0.15) is 31.3 Å². The molecular weight excluding hydrogens is 140 g/mol. The lowest BCUT2D eigenvalue weighted by molar-refractivity contribution is 0.330. The van der Waals surface area contributed by atoms with E-state index in [-0.39, 0.29) is 6.04 Å². The predicted octanol–water partition coefficient (Wildman–Crippen LogP) is 1.64. The molecule has 62 valence electrons. The van der Waals surface area contributed by atoms with Gasteiger partial charge in [-0.2, -0.15) is 0 Å². The number of rotatable bonds is 2. The van der Waals surface area contributed by atoms with E-state index in [0.717, 1.165) is 11.5 Å². The summed E-state index contributed by atoms with van der Waals surface area (Å²) in [5.74, 6) is 1.17. The normalized spacial score (nSPS) is 13.9. The van der Waals surface area contributed by atoms with E-state index in [0.29, 0.717) is 5.92 Å². The molecule has 0 saturated carbocycles. The van der Waals surface area contributed by atoms with Gasteiger partial charge in [0.1, 0.15) is 0 Å². The number of aromatic nitrogens is 1. The average molecular weight is 154 g/mol. The van der Waals surface area contributed by atoms with E-state index in [2.05, 4.69) is 19.0 Å². The van der Waals surface area contributed by atoms with Crippen LogP contribution in [-0.4, -0.2) is 5.16 Å². The van der Waals surface area contributed by atoms with Gasteiger partial charge in [0.2, 0.25) is 0 Å². The molecule has 0 bridgehead atoms. The summed E-state index contributed by atoms with van der Waals surface area (Å²) in [7, 11) is 0. The highest BCUT2D eigenvalue weighted by atomic mass is 16.5. The first-order valence-electron chi connectivity index (χ1n) is 3.80. The molecule has 0 radical (unpaired) electrons. The van der Waals surface area contributed by atoms with E-state index in [4.69, 9.17) is 10.3 Å². The fourth-order valence-corrected chi connectivity index (χ4v) is 0.869. The van der Waals surface area contributed by atoms with Gasteiger partial charge in [-0.3, -0.25) is 0 Å². The second-order valence-corrected chi connectivity index (χ2v) is 3.14. The molecule has 3 heteroatoms. The van der Waals surface area contributed by atoms with Gasteiger partial charge in [0, 0.05) is 6.07 Å². The molecular formula is C8H14N2O. The summed E-state index contributed by atoms with van der Waals surface area (Å²) in [6, 6.07) is 1.85. The van der Waals surface area contributed by atoms with E-state index < -0.39 is 0 Å². The molecule has 0 unspecified atom stereocenters. The molecule has 1 aromatic heterocycles. The van der Waals surface area contributed by atoms with Crippen LogP contribution in [0.4, 0.5) is 0 Å². The Morgan fingerprint density at radius 2 is 2.18 bits per heavy atom. The summed E-state index contributed by atoms with van der Waals surface area (Å²) in [4.78, 5) is 0. The Kier molecular flexibility index (Phi) is 2.29. The van der Waals surface area contributed by atoms with Gasteiger partial charge in [-0.15, -0.1) is 0 Å². The molecule has 0 saturated heterocycles. The van der Waals surface area contributed by atoms with Gasteiger partial charge in [0.15, 0.2) is 5.76 Å². The Hall–Kier alpha value is -0.830. The van der Waals surface area contributed by atoms with E-state index in [1.54, 1.807) is 0 Å². The number of hydrogen-bond acceptors (Lipinski definition) is 3. The van der Waals surface area contributed by atoms with Crippen LogP contribution in [0.2, 0.25) is 0 Å². The second kappa shape index (κ2) is 3.05. The molecule has 1 atom stereocenters. The van der Waals surface area contributed by atoms with Gasteiger partial charge in [-0.1, -0.05) is 19.0 Å². The summed E-state index contributed by atoms with van der Waals surface area (Å²) in [5, 5.41) is 3.77. The maximum absolute atomic E-state index is 5.82. The van der Waals surface area contributed by atoms with E-state index in [1.807, 2.05) is 13.0 Å². The molecule has 2 N–H and O–H groups in total.